The fraction of sp³-hybridized carbons (Fsp3) is 0.241. The maximum absolute atomic E-state index is 13.4. The van der Waals surface area contributed by atoms with Gasteiger partial charge in [0.25, 0.3) is 0 Å². The maximum atomic E-state index is 13.4. The molecule has 4 aromatic rings. The van der Waals surface area contributed by atoms with Crippen molar-refractivity contribution < 1.29 is 19.1 Å². The van der Waals surface area contributed by atoms with E-state index in [2.05, 4.69) is 20.5 Å². The summed E-state index contributed by atoms with van der Waals surface area (Å²) in [5.74, 6) is -0.318. The van der Waals surface area contributed by atoms with E-state index in [1.165, 1.54) is 0 Å². The third-order valence-electron chi connectivity index (χ3n) is 6.43. The number of morpholine rings is 1. The highest BCUT2D eigenvalue weighted by Crippen LogP contribution is 2.21. The summed E-state index contributed by atoms with van der Waals surface area (Å²) in [6, 6.07) is 24.2. The molecule has 8 nitrogen and oxygen atoms in total. The molecule has 1 atom stereocenters. The van der Waals surface area contributed by atoms with Crippen LogP contribution in [0.5, 0.6) is 0 Å². The van der Waals surface area contributed by atoms with E-state index in [1.807, 2.05) is 85.1 Å². The molecule has 0 unspecified atom stereocenters. The molecule has 3 aromatic carbocycles. The summed E-state index contributed by atoms with van der Waals surface area (Å²) in [5, 5.41) is 6.72. The Labute approximate surface area is 215 Å². The summed E-state index contributed by atoms with van der Waals surface area (Å²) < 4.78 is 10.8. The zero-order valence-corrected chi connectivity index (χ0v) is 20.5. The monoisotopic (exact) mass is 498 g/mol. The number of H-pyrrole nitrogens is 1. The van der Waals surface area contributed by atoms with Gasteiger partial charge in [-0.1, -0.05) is 48.5 Å². The second kappa shape index (κ2) is 11.6. The van der Waals surface area contributed by atoms with Gasteiger partial charge in [-0.05, 0) is 41.5 Å². The smallest absolute Gasteiger partial charge is 0.408 e. The van der Waals surface area contributed by atoms with E-state index in [0.717, 1.165) is 40.8 Å². The Morgan fingerprint density at radius 1 is 0.946 bits per heavy atom. The number of anilines is 2. The Hall–Kier alpha value is -4.30. The number of aromatic nitrogens is 1. The topological polar surface area (TPSA) is 95.7 Å². The molecule has 37 heavy (non-hydrogen) atoms. The highest BCUT2D eigenvalue weighted by atomic mass is 16.5. The van der Waals surface area contributed by atoms with Gasteiger partial charge in [-0.25, -0.2) is 4.79 Å². The van der Waals surface area contributed by atoms with Gasteiger partial charge >= 0.3 is 6.09 Å². The predicted octanol–water partition coefficient (Wildman–Crippen LogP) is 4.48. The second-order valence-electron chi connectivity index (χ2n) is 8.96. The molecule has 2 amide bonds. The largest absolute Gasteiger partial charge is 0.445 e. The average molecular weight is 499 g/mol. The quantitative estimate of drug-likeness (QED) is 0.333. The molecule has 0 radical (unpaired) electrons. The third-order valence-corrected chi connectivity index (χ3v) is 6.43. The summed E-state index contributed by atoms with van der Waals surface area (Å²) in [6.45, 7) is 3.22. The Morgan fingerprint density at radius 3 is 2.46 bits per heavy atom. The van der Waals surface area contributed by atoms with Crippen LogP contribution in [-0.2, 0) is 27.3 Å². The lowest BCUT2D eigenvalue weighted by Crippen LogP contribution is -2.45. The van der Waals surface area contributed by atoms with Crippen LogP contribution in [0.3, 0.4) is 0 Å². The number of hydrogen-bond acceptors (Lipinski definition) is 5. The first-order valence-electron chi connectivity index (χ1n) is 12.4. The van der Waals surface area contributed by atoms with Crippen molar-refractivity contribution in [2.45, 2.75) is 19.1 Å². The summed E-state index contributed by atoms with van der Waals surface area (Å²) >= 11 is 0. The molecule has 0 spiro atoms. The van der Waals surface area contributed by atoms with Gasteiger partial charge in [-0.15, -0.1) is 0 Å². The fourth-order valence-corrected chi connectivity index (χ4v) is 4.44. The number of nitrogens with one attached hydrogen (secondary N) is 3. The second-order valence-corrected chi connectivity index (χ2v) is 8.96. The minimum Gasteiger partial charge on any atom is -0.445 e. The van der Waals surface area contributed by atoms with Gasteiger partial charge in [-0.2, -0.15) is 0 Å². The van der Waals surface area contributed by atoms with Gasteiger partial charge in [0.1, 0.15) is 12.6 Å². The van der Waals surface area contributed by atoms with Crippen molar-refractivity contribution in [2.24, 2.45) is 0 Å². The van der Waals surface area contributed by atoms with Crippen LogP contribution in [0.15, 0.2) is 85.1 Å². The zero-order chi connectivity index (χ0) is 25.5. The van der Waals surface area contributed by atoms with Gasteiger partial charge in [0, 0.05) is 48.0 Å². The summed E-state index contributed by atoms with van der Waals surface area (Å²) in [7, 11) is 0. The zero-order valence-electron chi connectivity index (χ0n) is 20.5. The number of ether oxygens (including phenoxy) is 2. The highest BCUT2D eigenvalue weighted by molar-refractivity contribution is 5.97. The van der Waals surface area contributed by atoms with Gasteiger partial charge in [0.2, 0.25) is 5.91 Å². The van der Waals surface area contributed by atoms with Crippen LogP contribution in [0.1, 0.15) is 11.1 Å². The molecule has 1 aliphatic rings. The highest BCUT2D eigenvalue weighted by Gasteiger charge is 2.24. The Balaban J connectivity index is 1.28. The van der Waals surface area contributed by atoms with Crippen molar-refractivity contribution >= 4 is 34.3 Å². The van der Waals surface area contributed by atoms with Crippen molar-refractivity contribution in [3.05, 3.63) is 96.2 Å². The van der Waals surface area contributed by atoms with Gasteiger partial charge in [-0.3, -0.25) is 4.79 Å². The van der Waals surface area contributed by atoms with Crippen LogP contribution in [0.4, 0.5) is 16.2 Å². The minimum absolute atomic E-state index is 0.122. The molecule has 1 aromatic heterocycles. The number of nitrogens with zero attached hydrogens (tertiary/aromatic N) is 1. The first-order chi connectivity index (χ1) is 18.2. The molecule has 0 saturated carbocycles. The number of hydrogen-bond donors (Lipinski definition) is 3. The minimum atomic E-state index is -0.832. The molecular formula is C29H30N4O4. The van der Waals surface area contributed by atoms with Crippen molar-refractivity contribution in [1.29, 1.82) is 0 Å². The normalized spacial score (nSPS) is 14.2. The molecule has 0 bridgehead atoms. The number of aromatic amines is 1. The number of carbonyl (C=O) groups excluding carboxylic acids is 2. The number of alkyl carbamates (subject to hydrolysis) is 1. The molecule has 1 saturated heterocycles. The van der Waals surface area contributed by atoms with Gasteiger partial charge in [0.15, 0.2) is 0 Å². The SMILES string of the molecule is O=C(N[C@@H](Cc1c[nH]c2ccccc12)C(=O)Nc1ccc(N2CCOCC2)cc1)OCc1ccccc1. The van der Waals surface area contributed by atoms with Crippen molar-refractivity contribution in [3.8, 4) is 0 Å². The lowest BCUT2D eigenvalue weighted by molar-refractivity contribution is -0.118. The number of fused-ring (bicyclic) bond motifs is 1. The predicted molar refractivity (Wildman–Crippen MR) is 144 cm³/mol. The van der Waals surface area contributed by atoms with Crippen LogP contribution < -0.4 is 15.5 Å². The molecule has 1 aliphatic heterocycles. The van der Waals surface area contributed by atoms with Crippen LogP contribution >= 0.6 is 0 Å². The van der Waals surface area contributed by atoms with Crippen molar-refractivity contribution in [1.82, 2.24) is 10.3 Å². The molecule has 1 fully saturated rings. The molecule has 2 heterocycles. The van der Waals surface area contributed by atoms with Crippen molar-refractivity contribution in [2.75, 3.05) is 36.5 Å². The summed E-state index contributed by atoms with van der Waals surface area (Å²) in [4.78, 5) is 31.5. The van der Waals surface area contributed by atoms with E-state index in [0.29, 0.717) is 25.3 Å². The van der Waals surface area contributed by atoms with E-state index in [9.17, 15) is 9.59 Å². The van der Waals surface area contributed by atoms with E-state index >= 15 is 0 Å². The molecule has 5 rings (SSSR count). The number of rotatable bonds is 8. The summed E-state index contributed by atoms with van der Waals surface area (Å²) in [6.07, 6.45) is 1.53. The van der Waals surface area contributed by atoms with E-state index in [1.54, 1.807) is 0 Å². The van der Waals surface area contributed by atoms with Gasteiger partial charge in [0.05, 0.1) is 13.2 Å². The van der Waals surface area contributed by atoms with Crippen LogP contribution in [0.2, 0.25) is 0 Å². The first kappa shape index (κ1) is 24.4. The standard InChI is InChI=1S/C29H30N4O4/c34-28(31-23-10-12-24(13-11-23)33-14-16-36-17-15-33)27(18-22-19-30-26-9-5-4-8-25(22)26)32-29(35)37-20-21-6-2-1-3-7-21/h1-13,19,27,30H,14-18,20H2,(H,31,34)(H,32,35)/t27-/m0/s1. The Morgan fingerprint density at radius 2 is 1.68 bits per heavy atom. The Kier molecular flexibility index (Phi) is 7.66. The maximum Gasteiger partial charge on any atom is 0.408 e. The van der Waals surface area contributed by atoms with E-state index in [-0.39, 0.29) is 12.5 Å². The molecule has 0 aliphatic carbocycles. The van der Waals surface area contributed by atoms with E-state index < -0.39 is 12.1 Å². The lowest BCUT2D eigenvalue weighted by Gasteiger charge is -2.29. The van der Waals surface area contributed by atoms with Crippen LogP contribution in [0, 0.1) is 0 Å². The van der Waals surface area contributed by atoms with Crippen molar-refractivity contribution in [3.63, 3.8) is 0 Å². The Bertz CT molecular complexity index is 1330. The molecule has 3 N–H and O–H groups in total. The number of para-hydroxylation sites is 1. The molecule has 8 heteroatoms. The van der Waals surface area contributed by atoms with Gasteiger partial charge < -0.3 is 30.0 Å². The molecular weight excluding hydrogens is 468 g/mol. The summed E-state index contributed by atoms with van der Waals surface area (Å²) in [5.41, 5.74) is 4.52. The van der Waals surface area contributed by atoms with Crippen LogP contribution in [-0.4, -0.2) is 49.3 Å². The lowest BCUT2D eigenvalue weighted by atomic mass is 10.0. The number of carbonyl (C=O) groups is 2. The van der Waals surface area contributed by atoms with Crippen LogP contribution in [0.25, 0.3) is 10.9 Å². The average Bonchev–Trinajstić information content (AvgIpc) is 3.36. The number of amides is 2. The van der Waals surface area contributed by atoms with E-state index in [4.69, 9.17) is 9.47 Å². The third kappa shape index (κ3) is 6.29. The first-order valence-corrected chi connectivity index (χ1v) is 12.4. The number of benzene rings is 3. The fourth-order valence-electron chi connectivity index (χ4n) is 4.44. The molecule has 190 valence electrons.